The molecule has 1 unspecified atom stereocenters. The Kier molecular flexibility index (Phi) is 4.21. The average Bonchev–Trinajstić information content (AvgIpc) is 2.59. The monoisotopic (exact) mass is 339 g/mol. The molecular formula is C20H25N3O2. The van der Waals surface area contributed by atoms with Crippen molar-refractivity contribution < 1.29 is 9.53 Å². The zero-order valence-corrected chi connectivity index (χ0v) is 14.9. The number of rotatable bonds is 3. The van der Waals surface area contributed by atoms with Crippen molar-refractivity contribution in [1.82, 2.24) is 14.8 Å². The zero-order valence-electron chi connectivity index (χ0n) is 14.9. The molecule has 2 aliphatic rings. The number of hydrogen-bond acceptors (Lipinski definition) is 4. The van der Waals surface area contributed by atoms with Gasteiger partial charge in [0.05, 0.1) is 25.2 Å². The molecule has 2 fully saturated rings. The van der Waals surface area contributed by atoms with Gasteiger partial charge in [-0.15, -0.1) is 0 Å². The molecule has 2 saturated heterocycles. The second kappa shape index (κ2) is 6.39. The van der Waals surface area contributed by atoms with Gasteiger partial charge in [0, 0.05) is 23.7 Å². The van der Waals surface area contributed by atoms with Crippen LogP contribution in [0.5, 0.6) is 0 Å². The average molecular weight is 339 g/mol. The molecule has 0 aliphatic carbocycles. The van der Waals surface area contributed by atoms with Gasteiger partial charge in [0.1, 0.15) is 5.60 Å². The molecule has 4 rings (SSSR count). The third kappa shape index (κ3) is 3.26. The minimum Gasteiger partial charge on any atom is -0.371 e. The van der Waals surface area contributed by atoms with Gasteiger partial charge < -0.3 is 14.5 Å². The fourth-order valence-corrected chi connectivity index (χ4v) is 4.01. The number of hydrogen-bond donors (Lipinski definition) is 0. The van der Waals surface area contributed by atoms with E-state index in [1.54, 1.807) is 6.20 Å². The predicted octanol–water partition coefficient (Wildman–Crippen LogP) is 2.42. The van der Waals surface area contributed by atoms with Gasteiger partial charge in [0.25, 0.3) is 5.91 Å². The topological polar surface area (TPSA) is 45.7 Å². The molecule has 0 bridgehead atoms. The second-order valence-corrected chi connectivity index (χ2v) is 7.73. The Balaban J connectivity index is 1.37. The minimum atomic E-state index is -0.100. The van der Waals surface area contributed by atoms with Gasteiger partial charge >= 0.3 is 0 Å². The van der Waals surface area contributed by atoms with Gasteiger partial charge in [-0.3, -0.25) is 9.78 Å². The van der Waals surface area contributed by atoms with Crippen molar-refractivity contribution in [2.24, 2.45) is 5.92 Å². The molecule has 0 saturated carbocycles. The maximum absolute atomic E-state index is 12.7. The first-order valence-corrected chi connectivity index (χ1v) is 8.97. The van der Waals surface area contributed by atoms with Crippen LogP contribution in [0.15, 0.2) is 36.5 Å². The normalized spacial score (nSPS) is 22.4. The van der Waals surface area contributed by atoms with Gasteiger partial charge in [-0.25, -0.2) is 0 Å². The number of amides is 1. The van der Waals surface area contributed by atoms with Crippen LogP contribution >= 0.6 is 0 Å². The molecule has 0 radical (unpaired) electrons. The van der Waals surface area contributed by atoms with E-state index in [-0.39, 0.29) is 11.5 Å². The quantitative estimate of drug-likeness (QED) is 0.861. The summed E-state index contributed by atoms with van der Waals surface area (Å²) in [6.07, 6.45) is 4.01. The summed E-state index contributed by atoms with van der Waals surface area (Å²) in [4.78, 5) is 21.2. The number of carbonyl (C=O) groups is 1. The van der Waals surface area contributed by atoms with E-state index in [4.69, 9.17) is 4.74 Å². The van der Waals surface area contributed by atoms with E-state index < -0.39 is 0 Å². The summed E-state index contributed by atoms with van der Waals surface area (Å²) in [5, 5.41) is 1.00. The van der Waals surface area contributed by atoms with Crippen LogP contribution in [0.2, 0.25) is 0 Å². The molecule has 25 heavy (non-hydrogen) atoms. The lowest BCUT2D eigenvalue weighted by atomic mass is 9.82. The molecule has 0 N–H and O–H groups in total. The Morgan fingerprint density at radius 3 is 2.92 bits per heavy atom. The maximum atomic E-state index is 12.7. The Bertz CT molecular complexity index is 773. The summed E-state index contributed by atoms with van der Waals surface area (Å²) in [6.45, 7) is 3.31. The summed E-state index contributed by atoms with van der Waals surface area (Å²) < 4.78 is 6.17. The first-order chi connectivity index (χ1) is 12.0. The largest absolute Gasteiger partial charge is 0.371 e. The number of benzene rings is 1. The predicted molar refractivity (Wildman–Crippen MR) is 97.6 cm³/mol. The highest BCUT2D eigenvalue weighted by Gasteiger charge is 2.48. The summed E-state index contributed by atoms with van der Waals surface area (Å²) in [7, 11) is 4.21. The van der Waals surface area contributed by atoms with Crippen molar-refractivity contribution >= 4 is 16.8 Å². The van der Waals surface area contributed by atoms with E-state index in [0.29, 0.717) is 19.0 Å². The number of carbonyl (C=O) groups excluding carboxylic acids is 1. The van der Waals surface area contributed by atoms with Crippen LogP contribution in [-0.4, -0.2) is 66.6 Å². The standard InChI is InChI=1S/C20H25N3O2/c1-22(2)11-15-7-8-20(25-12-15)13-23(14-20)19(24)17-5-6-18-16(10-17)4-3-9-21-18/h3-6,9-10,15H,7-8,11-14H2,1-2H3. The fourth-order valence-electron chi connectivity index (χ4n) is 4.01. The number of fused-ring (bicyclic) bond motifs is 1. The SMILES string of the molecule is CN(C)CC1CCC2(CN(C(=O)c3ccc4ncccc4c3)C2)OC1. The highest BCUT2D eigenvalue weighted by Crippen LogP contribution is 2.36. The van der Waals surface area contributed by atoms with Gasteiger partial charge in [-0.05, 0) is 57.1 Å². The van der Waals surface area contributed by atoms with Crippen molar-refractivity contribution in [2.75, 3.05) is 40.3 Å². The van der Waals surface area contributed by atoms with Crippen molar-refractivity contribution in [3.05, 3.63) is 42.1 Å². The molecular weight excluding hydrogens is 314 g/mol. The number of ether oxygens (including phenoxy) is 1. The van der Waals surface area contributed by atoms with Crippen molar-refractivity contribution in [3.63, 3.8) is 0 Å². The van der Waals surface area contributed by atoms with E-state index in [1.807, 2.05) is 35.2 Å². The Hall–Kier alpha value is -1.98. The highest BCUT2D eigenvalue weighted by atomic mass is 16.5. The molecule has 5 heteroatoms. The van der Waals surface area contributed by atoms with Gasteiger partial charge in [0.2, 0.25) is 0 Å². The smallest absolute Gasteiger partial charge is 0.254 e. The molecule has 132 valence electrons. The molecule has 1 atom stereocenters. The third-order valence-corrected chi connectivity index (χ3v) is 5.35. The number of aromatic nitrogens is 1. The van der Waals surface area contributed by atoms with Crippen molar-refractivity contribution in [1.29, 1.82) is 0 Å². The summed E-state index contributed by atoms with van der Waals surface area (Å²) in [6, 6.07) is 9.62. The molecule has 2 aliphatic heterocycles. The van der Waals surface area contributed by atoms with E-state index in [0.717, 1.165) is 36.0 Å². The van der Waals surface area contributed by atoms with E-state index in [2.05, 4.69) is 24.0 Å². The van der Waals surface area contributed by atoms with Crippen LogP contribution in [0, 0.1) is 5.92 Å². The van der Waals surface area contributed by atoms with Gasteiger partial charge in [-0.1, -0.05) is 6.07 Å². The maximum Gasteiger partial charge on any atom is 0.254 e. The summed E-state index contributed by atoms with van der Waals surface area (Å²) >= 11 is 0. The lowest BCUT2D eigenvalue weighted by Crippen LogP contribution is -2.66. The van der Waals surface area contributed by atoms with Crippen LogP contribution < -0.4 is 0 Å². The van der Waals surface area contributed by atoms with E-state index >= 15 is 0 Å². The molecule has 3 heterocycles. The lowest BCUT2D eigenvalue weighted by molar-refractivity contribution is -0.168. The van der Waals surface area contributed by atoms with Gasteiger partial charge in [0.15, 0.2) is 0 Å². The fraction of sp³-hybridized carbons (Fsp3) is 0.500. The van der Waals surface area contributed by atoms with Crippen molar-refractivity contribution in [3.8, 4) is 0 Å². The Labute approximate surface area is 148 Å². The van der Waals surface area contributed by atoms with Crippen LogP contribution in [0.3, 0.4) is 0 Å². The molecule has 1 aromatic carbocycles. The van der Waals surface area contributed by atoms with E-state index in [9.17, 15) is 4.79 Å². The summed E-state index contributed by atoms with van der Waals surface area (Å²) in [5.41, 5.74) is 1.55. The first kappa shape index (κ1) is 16.5. The molecule has 5 nitrogen and oxygen atoms in total. The number of pyridine rings is 1. The molecule has 1 aromatic heterocycles. The Morgan fingerprint density at radius 1 is 1.36 bits per heavy atom. The summed E-state index contributed by atoms with van der Waals surface area (Å²) in [5.74, 6) is 0.703. The second-order valence-electron chi connectivity index (χ2n) is 7.73. The highest BCUT2D eigenvalue weighted by molar-refractivity contribution is 5.98. The number of nitrogens with zero attached hydrogens (tertiary/aromatic N) is 3. The van der Waals surface area contributed by atoms with E-state index in [1.165, 1.54) is 6.42 Å². The van der Waals surface area contributed by atoms with Gasteiger partial charge in [-0.2, -0.15) is 0 Å². The molecule has 2 aromatic rings. The van der Waals surface area contributed by atoms with Crippen molar-refractivity contribution in [2.45, 2.75) is 18.4 Å². The van der Waals surface area contributed by atoms with Crippen LogP contribution in [0.4, 0.5) is 0 Å². The Morgan fingerprint density at radius 2 is 2.20 bits per heavy atom. The van der Waals surface area contributed by atoms with Crippen LogP contribution in [0.1, 0.15) is 23.2 Å². The zero-order chi connectivity index (χ0) is 17.4. The lowest BCUT2D eigenvalue weighted by Gasteiger charge is -2.53. The minimum absolute atomic E-state index is 0.0930. The van der Waals surface area contributed by atoms with Crippen LogP contribution in [0.25, 0.3) is 10.9 Å². The number of likely N-dealkylation sites (tertiary alicyclic amines) is 1. The molecule has 1 amide bonds. The first-order valence-electron chi connectivity index (χ1n) is 8.97. The third-order valence-electron chi connectivity index (χ3n) is 5.35. The molecule has 1 spiro atoms. The van der Waals surface area contributed by atoms with Crippen LogP contribution in [-0.2, 0) is 4.74 Å².